The van der Waals surface area contributed by atoms with Crippen LogP contribution >= 0.6 is 0 Å². The highest BCUT2D eigenvalue weighted by Crippen LogP contribution is 2.32. The number of fused-ring (bicyclic) bond motifs is 1. The lowest BCUT2D eigenvalue weighted by atomic mass is 9.97. The maximum Gasteiger partial charge on any atom is 0.243 e. The quantitative estimate of drug-likeness (QED) is 0.777. The molecule has 4 rings (SSSR count). The van der Waals surface area contributed by atoms with Crippen molar-refractivity contribution in [2.24, 2.45) is 0 Å². The molecule has 0 N–H and O–H groups in total. The first-order chi connectivity index (χ1) is 13.5. The van der Waals surface area contributed by atoms with E-state index in [9.17, 15) is 12.8 Å². The molecule has 7 nitrogen and oxygen atoms in total. The zero-order chi connectivity index (χ0) is 19.7. The number of piperidine rings is 1. The first-order valence-electron chi connectivity index (χ1n) is 9.76. The summed E-state index contributed by atoms with van der Waals surface area (Å²) < 4.78 is 48.3. The first kappa shape index (κ1) is 19.3. The molecule has 0 radical (unpaired) electrons. The van der Waals surface area contributed by atoms with Gasteiger partial charge in [0.2, 0.25) is 10.0 Å². The third-order valence-corrected chi connectivity index (χ3v) is 7.61. The van der Waals surface area contributed by atoms with Crippen LogP contribution in [0.15, 0.2) is 23.1 Å². The lowest BCUT2D eigenvalue weighted by Crippen LogP contribution is -2.38. The molecule has 152 valence electrons. The van der Waals surface area contributed by atoms with Crippen LogP contribution in [0.4, 0.5) is 4.39 Å². The van der Waals surface area contributed by atoms with Crippen LogP contribution in [-0.4, -0.2) is 47.7 Å². The van der Waals surface area contributed by atoms with Crippen LogP contribution in [0, 0.1) is 5.82 Å². The van der Waals surface area contributed by atoms with E-state index in [1.807, 2.05) is 0 Å². The highest BCUT2D eigenvalue weighted by molar-refractivity contribution is 7.89. The Morgan fingerprint density at radius 1 is 1.11 bits per heavy atom. The van der Waals surface area contributed by atoms with Crippen molar-refractivity contribution in [2.75, 3.05) is 20.2 Å². The van der Waals surface area contributed by atoms with E-state index in [-0.39, 0.29) is 16.6 Å². The van der Waals surface area contributed by atoms with Crippen LogP contribution in [0.1, 0.15) is 49.7 Å². The lowest BCUT2D eigenvalue weighted by molar-refractivity contribution is 0.308. The van der Waals surface area contributed by atoms with E-state index >= 15 is 0 Å². The maximum absolute atomic E-state index is 14.0. The van der Waals surface area contributed by atoms with Crippen LogP contribution in [-0.2, 0) is 23.0 Å². The Kier molecular flexibility index (Phi) is 5.37. The molecular formula is C19H25FN4O3S. The second-order valence-corrected chi connectivity index (χ2v) is 9.35. The van der Waals surface area contributed by atoms with Gasteiger partial charge < -0.3 is 9.30 Å². The van der Waals surface area contributed by atoms with Gasteiger partial charge in [-0.3, -0.25) is 0 Å². The molecule has 0 unspecified atom stereocenters. The van der Waals surface area contributed by atoms with E-state index in [2.05, 4.69) is 14.8 Å². The summed E-state index contributed by atoms with van der Waals surface area (Å²) in [7, 11) is -2.38. The zero-order valence-electron chi connectivity index (χ0n) is 16.0. The standard InChI is InChI=1S/C19H25FN4O3S/c1-27-17-7-6-15(13-16(17)20)28(25,26)23-11-8-14(9-12-23)19-22-21-18-5-3-2-4-10-24(18)19/h6-7,13-14H,2-5,8-12H2,1H3. The molecule has 28 heavy (non-hydrogen) atoms. The summed E-state index contributed by atoms with van der Waals surface area (Å²) in [6.07, 6.45) is 5.83. The molecule has 1 aromatic heterocycles. The van der Waals surface area contributed by atoms with Crippen molar-refractivity contribution < 1.29 is 17.5 Å². The number of hydrogen-bond donors (Lipinski definition) is 0. The number of sulfonamides is 1. The van der Waals surface area contributed by atoms with Crippen molar-refractivity contribution in [3.63, 3.8) is 0 Å². The van der Waals surface area contributed by atoms with E-state index < -0.39 is 15.8 Å². The Balaban J connectivity index is 1.48. The van der Waals surface area contributed by atoms with Crippen LogP contribution in [0.2, 0.25) is 0 Å². The van der Waals surface area contributed by atoms with Gasteiger partial charge in [0.1, 0.15) is 11.6 Å². The highest BCUT2D eigenvalue weighted by atomic mass is 32.2. The van der Waals surface area contributed by atoms with Gasteiger partial charge in [-0.25, -0.2) is 12.8 Å². The lowest BCUT2D eigenvalue weighted by Gasteiger charge is -2.31. The van der Waals surface area contributed by atoms with Crippen LogP contribution in [0.5, 0.6) is 5.75 Å². The maximum atomic E-state index is 14.0. The van der Waals surface area contributed by atoms with Gasteiger partial charge in [0, 0.05) is 32.0 Å². The van der Waals surface area contributed by atoms with Gasteiger partial charge in [0.05, 0.1) is 12.0 Å². The molecular weight excluding hydrogens is 383 g/mol. The van der Waals surface area contributed by atoms with E-state index in [1.165, 1.54) is 30.0 Å². The second-order valence-electron chi connectivity index (χ2n) is 7.41. The second kappa shape index (κ2) is 7.79. The highest BCUT2D eigenvalue weighted by Gasteiger charge is 2.33. The largest absolute Gasteiger partial charge is 0.494 e. The number of halogens is 1. The predicted octanol–water partition coefficient (Wildman–Crippen LogP) is 2.72. The number of aromatic nitrogens is 3. The van der Waals surface area contributed by atoms with Crippen molar-refractivity contribution in [1.82, 2.24) is 19.1 Å². The summed E-state index contributed by atoms with van der Waals surface area (Å²) in [6.45, 7) is 1.73. The van der Waals surface area contributed by atoms with Gasteiger partial charge >= 0.3 is 0 Å². The molecule has 1 fully saturated rings. The predicted molar refractivity (Wildman–Crippen MR) is 101 cm³/mol. The Morgan fingerprint density at radius 3 is 2.61 bits per heavy atom. The molecule has 0 aliphatic carbocycles. The minimum Gasteiger partial charge on any atom is -0.494 e. The van der Waals surface area contributed by atoms with Crippen molar-refractivity contribution in [3.05, 3.63) is 35.7 Å². The molecule has 0 atom stereocenters. The third kappa shape index (κ3) is 3.53. The molecule has 0 amide bonds. The summed E-state index contributed by atoms with van der Waals surface area (Å²) >= 11 is 0. The fourth-order valence-electron chi connectivity index (χ4n) is 4.12. The summed E-state index contributed by atoms with van der Waals surface area (Å²) in [6, 6.07) is 3.76. The monoisotopic (exact) mass is 408 g/mol. The van der Waals surface area contributed by atoms with Gasteiger partial charge in [-0.1, -0.05) is 6.42 Å². The Morgan fingerprint density at radius 2 is 1.89 bits per heavy atom. The number of hydrogen-bond acceptors (Lipinski definition) is 5. The molecule has 9 heteroatoms. The summed E-state index contributed by atoms with van der Waals surface area (Å²) in [4.78, 5) is -0.0411. The topological polar surface area (TPSA) is 77.3 Å². The van der Waals surface area contributed by atoms with Gasteiger partial charge in [0.15, 0.2) is 11.6 Å². The minimum atomic E-state index is -3.73. The van der Waals surface area contributed by atoms with Gasteiger partial charge in [-0.05, 0) is 43.9 Å². The van der Waals surface area contributed by atoms with Gasteiger partial charge in [-0.2, -0.15) is 4.31 Å². The normalized spacial score (nSPS) is 19.2. The molecule has 1 saturated heterocycles. The minimum absolute atomic E-state index is 0.0326. The fraction of sp³-hybridized carbons (Fsp3) is 0.579. The molecule has 1 aromatic carbocycles. The van der Waals surface area contributed by atoms with Gasteiger partial charge in [0.25, 0.3) is 0 Å². The Hall–Kier alpha value is -2.00. The number of methoxy groups -OCH3 is 1. The van der Waals surface area contributed by atoms with Crippen LogP contribution < -0.4 is 4.74 Å². The van der Waals surface area contributed by atoms with Crippen molar-refractivity contribution >= 4 is 10.0 Å². The number of benzene rings is 1. The van der Waals surface area contributed by atoms with Crippen molar-refractivity contribution in [2.45, 2.75) is 55.9 Å². The Bertz CT molecular complexity index is 952. The average molecular weight is 408 g/mol. The number of aryl methyl sites for hydroxylation is 1. The van der Waals surface area contributed by atoms with Crippen molar-refractivity contribution in [3.8, 4) is 5.75 Å². The van der Waals surface area contributed by atoms with Gasteiger partial charge in [-0.15, -0.1) is 10.2 Å². The van der Waals surface area contributed by atoms with E-state index in [1.54, 1.807) is 0 Å². The van der Waals surface area contributed by atoms with Crippen LogP contribution in [0.25, 0.3) is 0 Å². The third-order valence-electron chi connectivity index (χ3n) is 5.72. The summed E-state index contributed by atoms with van der Waals surface area (Å²) in [5, 5.41) is 8.78. The molecule has 2 aromatic rings. The molecule has 2 aliphatic heterocycles. The van der Waals surface area contributed by atoms with Crippen LogP contribution in [0.3, 0.4) is 0 Å². The average Bonchev–Trinajstić information content (AvgIpc) is 2.96. The zero-order valence-corrected chi connectivity index (χ0v) is 16.8. The fourth-order valence-corrected chi connectivity index (χ4v) is 5.60. The summed E-state index contributed by atoms with van der Waals surface area (Å²) in [5.74, 6) is 1.61. The molecule has 0 saturated carbocycles. The number of ether oxygens (including phenoxy) is 1. The molecule has 2 aliphatic rings. The smallest absolute Gasteiger partial charge is 0.243 e. The first-order valence-corrected chi connectivity index (χ1v) is 11.2. The molecule has 0 bridgehead atoms. The molecule has 0 spiro atoms. The summed E-state index contributed by atoms with van der Waals surface area (Å²) in [5.41, 5.74) is 0. The number of nitrogens with zero attached hydrogens (tertiary/aromatic N) is 4. The molecule has 3 heterocycles. The van der Waals surface area contributed by atoms with Crippen molar-refractivity contribution in [1.29, 1.82) is 0 Å². The van der Waals surface area contributed by atoms with E-state index in [0.29, 0.717) is 25.9 Å². The Labute approximate surface area is 164 Å². The van der Waals surface area contributed by atoms with E-state index in [4.69, 9.17) is 4.74 Å². The number of rotatable bonds is 4. The SMILES string of the molecule is COc1ccc(S(=O)(=O)N2CCC(c3nnc4n3CCCCC4)CC2)cc1F. The van der Waals surface area contributed by atoms with E-state index in [0.717, 1.165) is 43.5 Å².